The van der Waals surface area contributed by atoms with Gasteiger partial charge >= 0.3 is 6.09 Å². The highest BCUT2D eigenvalue weighted by atomic mass is 79.9. The van der Waals surface area contributed by atoms with Crippen molar-refractivity contribution in [1.82, 2.24) is 24.2 Å². The summed E-state index contributed by atoms with van der Waals surface area (Å²) in [7, 11) is -1.25. The van der Waals surface area contributed by atoms with Gasteiger partial charge in [-0.05, 0) is 49.2 Å². The van der Waals surface area contributed by atoms with E-state index in [0.29, 0.717) is 50.6 Å². The van der Waals surface area contributed by atoms with Crippen LogP contribution in [-0.4, -0.2) is 83.6 Å². The second-order valence-corrected chi connectivity index (χ2v) is 18.1. The van der Waals surface area contributed by atoms with E-state index in [1.165, 1.54) is 4.52 Å². The second-order valence-electron chi connectivity index (χ2n) is 11.8. The zero-order chi connectivity index (χ0) is 28.3. The van der Waals surface area contributed by atoms with E-state index in [2.05, 4.69) is 52.2 Å². The van der Waals surface area contributed by atoms with Gasteiger partial charge in [0.2, 0.25) is 11.5 Å². The minimum absolute atomic E-state index is 0.00710. The number of hydrogen-bond donors (Lipinski definition) is 0. The Kier molecular flexibility index (Phi) is 9.69. The summed E-state index contributed by atoms with van der Waals surface area (Å²) in [5.74, 6) is 0.152. The van der Waals surface area contributed by atoms with Crippen LogP contribution in [0.5, 0.6) is 0 Å². The van der Waals surface area contributed by atoms with Gasteiger partial charge < -0.3 is 24.1 Å². The lowest BCUT2D eigenvalue weighted by molar-refractivity contribution is -0.0564. The Labute approximate surface area is 233 Å². The van der Waals surface area contributed by atoms with Gasteiger partial charge in [0, 0.05) is 46.8 Å². The Bertz CT molecular complexity index is 1190. The number of hydrogen-bond acceptors (Lipinski definition) is 8. The number of amides is 1. The molecular formula is C25H41BrN6O5Si. The number of aromatic nitrogens is 4. The lowest BCUT2D eigenvalue weighted by Gasteiger charge is -2.37. The number of ether oxygens (including phenoxy) is 2. The van der Waals surface area contributed by atoms with Gasteiger partial charge in [0.15, 0.2) is 0 Å². The summed E-state index contributed by atoms with van der Waals surface area (Å²) in [6.07, 6.45) is 2.08. The third-order valence-electron chi connectivity index (χ3n) is 6.10. The zero-order valence-electron chi connectivity index (χ0n) is 23.6. The standard InChI is InChI=1S/C25H41BrN6O5Si/c1-9-10-18(2)19-20(29-11-13-30(14-12-29)24(34)37-25(3,4)5)21(33)31-23(27-22(26)28-31)32(19)36-17-35-15-16-38(6,7)8/h9,18H,1,10-17H2,2-8H3. The van der Waals surface area contributed by atoms with Crippen molar-refractivity contribution in [2.24, 2.45) is 0 Å². The Hall–Kier alpha value is -2.38. The minimum Gasteiger partial charge on any atom is -0.444 e. The Morgan fingerprint density at radius 3 is 2.45 bits per heavy atom. The van der Waals surface area contributed by atoms with Crippen molar-refractivity contribution in [2.75, 3.05) is 44.5 Å². The molecule has 1 saturated heterocycles. The summed E-state index contributed by atoms with van der Waals surface area (Å²) >= 11 is 3.30. The summed E-state index contributed by atoms with van der Waals surface area (Å²) in [6.45, 7) is 20.7. The Morgan fingerprint density at radius 1 is 1.21 bits per heavy atom. The molecule has 212 valence electrons. The third kappa shape index (κ3) is 7.60. The zero-order valence-corrected chi connectivity index (χ0v) is 26.2. The highest BCUT2D eigenvalue weighted by Crippen LogP contribution is 2.29. The molecule has 3 rings (SSSR count). The van der Waals surface area contributed by atoms with Crippen molar-refractivity contribution < 1.29 is 19.1 Å². The fraction of sp³-hybridized carbons (Fsp3) is 0.680. The van der Waals surface area contributed by atoms with Gasteiger partial charge in [-0.15, -0.1) is 16.4 Å². The number of piperazine rings is 1. The van der Waals surface area contributed by atoms with Crippen LogP contribution in [0.15, 0.2) is 22.2 Å². The lowest BCUT2D eigenvalue weighted by Crippen LogP contribution is -2.52. The average Bonchev–Trinajstić information content (AvgIpc) is 3.20. The topological polar surface area (TPSA) is 103 Å². The van der Waals surface area contributed by atoms with Crippen LogP contribution >= 0.6 is 15.9 Å². The number of carbonyl (C=O) groups excluding carboxylic acids is 1. The average molecular weight is 614 g/mol. The molecule has 2 aromatic heterocycles. The van der Waals surface area contributed by atoms with E-state index in [0.717, 1.165) is 6.04 Å². The number of halogens is 1. The van der Waals surface area contributed by atoms with Gasteiger partial charge in [-0.25, -0.2) is 4.79 Å². The highest BCUT2D eigenvalue weighted by Gasteiger charge is 2.32. The Balaban J connectivity index is 1.96. The molecule has 1 aliphatic heterocycles. The maximum absolute atomic E-state index is 13.8. The van der Waals surface area contributed by atoms with Crippen LogP contribution in [0, 0.1) is 0 Å². The first-order valence-electron chi connectivity index (χ1n) is 13.0. The molecule has 0 aromatic carbocycles. The molecule has 0 saturated carbocycles. The maximum atomic E-state index is 13.8. The van der Waals surface area contributed by atoms with Gasteiger partial charge in [0.25, 0.3) is 11.3 Å². The van der Waals surface area contributed by atoms with Crippen molar-refractivity contribution in [3.63, 3.8) is 0 Å². The van der Waals surface area contributed by atoms with Crippen molar-refractivity contribution in [3.8, 4) is 0 Å². The van der Waals surface area contributed by atoms with E-state index in [9.17, 15) is 9.59 Å². The van der Waals surface area contributed by atoms with E-state index in [1.807, 2.05) is 38.7 Å². The van der Waals surface area contributed by atoms with E-state index >= 15 is 0 Å². The Morgan fingerprint density at radius 2 is 1.87 bits per heavy atom. The van der Waals surface area contributed by atoms with Crippen LogP contribution in [0.2, 0.25) is 25.7 Å². The van der Waals surface area contributed by atoms with Crippen LogP contribution in [-0.2, 0) is 9.47 Å². The molecule has 0 N–H and O–H groups in total. The van der Waals surface area contributed by atoms with Crippen molar-refractivity contribution in [2.45, 2.75) is 71.3 Å². The fourth-order valence-corrected chi connectivity index (χ4v) is 5.22. The molecule has 0 spiro atoms. The van der Waals surface area contributed by atoms with Gasteiger partial charge in [0.1, 0.15) is 11.3 Å². The number of anilines is 1. The SMILES string of the molecule is C=CCC(C)c1c(N2CCN(C(=O)OC(C)(C)C)CC2)c(=O)n2nc(Br)nc2n1OCOCC[Si](C)(C)C. The van der Waals surface area contributed by atoms with Crippen LogP contribution in [0.3, 0.4) is 0 Å². The molecular weight excluding hydrogens is 572 g/mol. The lowest BCUT2D eigenvalue weighted by atomic mass is 10.0. The second kappa shape index (κ2) is 12.2. The molecule has 0 aliphatic carbocycles. The van der Waals surface area contributed by atoms with Gasteiger partial charge in [0.05, 0.1) is 5.69 Å². The van der Waals surface area contributed by atoms with Crippen molar-refractivity contribution >= 4 is 41.6 Å². The molecule has 13 heteroatoms. The van der Waals surface area contributed by atoms with Crippen LogP contribution in [0.1, 0.15) is 45.7 Å². The number of allylic oxidation sites excluding steroid dienone is 1. The number of rotatable bonds is 10. The first-order chi connectivity index (χ1) is 17.7. The summed E-state index contributed by atoms with van der Waals surface area (Å²) in [4.78, 5) is 40.6. The number of nitrogens with zero attached hydrogens (tertiary/aromatic N) is 6. The molecule has 11 nitrogen and oxygen atoms in total. The number of fused-ring (bicyclic) bond motifs is 1. The predicted octanol–water partition coefficient (Wildman–Crippen LogP) is 4.13. The molecule has 1 unspecified atom stereocenters. The molecule has 3 heterocycles. The molecule has 1 aliphatic rings. The van der Waals surface area contributed by atoms with Gasteiger partial charge in [-0.1, -0.05) is 32.6 Å². The van der Waals surface area contributed by atoms with Crippen LogP contribution in [0.4, 0.5) is 10.5 Å². The minimum atomic E-state index is -1.25. The smallest absolute Gasteiger partial charge is 0.410 e. The van der Waals surface area contributed by atoms with Gasteiger partial charge in [-0.2, -0.15) is 9.50 Å². The van der Waals surface area contributed by atoms with Crippen LogP contribution < -0.4 is 15.3 Å². The maximum Gasteiger partial charge on any atom is 0.410 e. The first kappa shape index (κ1) is 30.2. The molecule has 0 bridgehead atoms. The summed E-state index contributed by atoms with van der Waals surface area (Å²) in [6, 6.07) is 1.01. The quantitative estimate of drug-likeness (QED) is 0.171. The largest absolute Gasteiger partial charge is 0.444 e. The summed E-state index contributed by atoms with van der Waals surface area (Å²) in [5.41, 5.74) is 0.265. The number of carbonyl (C=O) groups is 1. The van der Waals surface area contributed by atoms with Crippen molar-refractivity contribution in [3.05, 3.63) is 33.4 Å². The summed E-state index contributed by atoms with van der Waals surface area (Å²) < 4.78 is 14.4. The van der Waals surface area contributed by atoms with Crippen molar-refractivity contribution in [1.29, 1.82) is 0 Å². The normalized spacial score (nSPS) is 15.6. The summed E-state index contributed by atoms with van der Waals surface area (Å²) in [5, 5.41) is 4.28. The first-order valence-corrected chi connectivity index (χ1v) is 17.5. The monoisotopic (exact) mass is 612 g/mol. The van der Waals surface area contributed by atoms with Gasteiger partial charge in [-0.3, -0.25) is 4.79 Å². The van der Waals surface area contributed by atoms with Crippen LogP contribution in [0.25, 0.3) is 5.78 Å². The molecule has 1 fully saturated rings. The molecule has 1 amide bonds. The highest BCUT2D eigenvalue weighted by molar-refractivity contribution is 9.10. The fourth-order valence-electron chi connectivity index (χ4n) is 4.15. The molecule has 2 aromatic rings. The van der Waals surface area contributed by atoms with E-state index < -0.39 is 13.7 Å². The molecule has 1 atom stereocenters. The molecule has 0 radical (unpaired) electrons. The predicted molar refractivity (Wildman–Crippen MR) is 154 cm³/mol. The third-order valence-corrected chi connectivity index (χ3v) is 8.14. The van der Waals surface area contributed by atoms with E-state index in [-0.39, 0.29) is 34.9 Å². The van der Waals surface area contributed by atoms with E-state index in [1.54, 1.807) is 9.63 Å². The molecule has 38 heavy (non-hydrogen) atoms. The van der Waals surface area contributed by atoms with E-state index in [4.69, 9.17) is 14.3 Å².